The molecule has 0 aromatic heterocycles. The van der Waals surface area contributed by atoms with Gasteiger partial charge < -0.3 is 14.8 Å². The second-order valence-electron chi connectivity index (χ2n) is 7.68. The van der Waals surface area contributed by atoms with Gasteiger partial charge >= 0.3 is 0 Å². The Morgan fingerprint density at radius 3 is 2.65 bits per heavy atom. The fourth-order valence-electron chi connectivity index (χ4n) is 3.64. The van der Waals surface area contributed by atoms with Crippen molar-refractivity contribution < 1.29 is 23.5 Å². The number of aliphatic imine (C=N–C) groups is 1. The number of nitrogens with one attached hydrogen (secondary N) is 1. The second-order valence-corrected chi connectivity index (χ2v) is 8.85. The first-order valence-electron chi connectivity index (χ1n) is 10.6. The number of carbonyl (C=O) groups is 2. The summed E-state index contributed by atoms with van der Waals surface area (Å²) in [5.74, 6) is 0.0730. The molecule has 3 aromatic carbocycles. The van der Waals surface area contributed by atoms with Gasteiger partial charge in [-0.05, 0) is 42.0 Å². The molecular weight excluding hydrogens is 457 g/mol. The number of halogens is 1. The maximum absolute atomic E-state index is 13.9. The monoisotopic (exact) mass is 477 g/mol. The lowest BCUT2D eigenvalue weighted by atomic mass is 10.1. The van der Waals surface area contributed by atoms with Gasteiger partial charge in [0.1, 0.15) is 11.1 Å². The Balaban J connectivity index is 1.37. The summed E-state index contributed by atoms with van der Waals surface area (Å²) in [7, 11) is 0. The number of ether oxygens (including phenoxy) is 2. The Hall–Kier alpha value is -3.85. The minimum atomic E-state index is -0.678. The topological polar surface area (TPSA) is 80.2 Å². The van der Waals surface area contributed by atoms with Crippen LogP contribution in [0.15, 0.2) is 77.8 Å². The molecule has 2 amide bonds. The lowest BCUT2D eigenvalue weighted by molar-refractivity contribution is -0.128. The summed E-state index contributed by atoms with van der Waals surface area (Å²) in [6, 6.07) is 20.7. The molecule has 3 aromatic rings. The van der Waals surface area contributed by atoms with Crippen molar-refractivity contribution in [2.45, 2.75) is 18.2 Å². The predicted octanol–water partition coefficient (Wildman–Crippen LogP) is 4.71. The van der Waals surface area contributed by atoms with Gasteiger partial charge in [0.05, 0.1) is 17.9 Å². The Bertz CT molecular complexity index is 1270. The number of rotatable bonds is 6. The molecule has 1 fully saturated rings. The lowest BCUT2D eigenvalue weighted by Crippen LogP contribution is -2.33. The van der Waals surface area contributed by atoms with E-state index in [4.69, 9.17) is 9.47 Å². The number of hydrogen-bond donors (Lipinski definition) is 1. The fourth-order valence-corrected chi connectivity index (χ4v) is 4.79. The van der Waals surface area contributed by atoms with Crippen LogP contribution < -0.4 is 14.8 Å². The lowest BCUT2D eigenvalue weighted by Gasteiger charge is -2.17. The fraction of sp³-hybridized carbons (Fsp3) is 0.160. The van der Waals surface area contributed by atoms with E-state index in [1.807, 2.05) is 42.5 Å². The smallest absolute Gasteiger partial charge is 0.242 e. The maximum atomic E-state index is 13.9. The van der Waals surface area contributed by atoms with E-state index in [2.05, 4.69) is 10.3 Å². The van der Waals surface area contributed by atoms with Gasteiger partial charge in [0.2, 0.25) is 18.6 Å². The van der Waals surface area contributed by atoms with Gasteiger partial charge in [-0.1, -0.05) is 48.2 Å². The van der Waals surface area contributed by atoms with Crippen LogP contribution >= 0.6 is 11.8 Å². The van der Waals surface area contributed by atoms with Crippen LogP contribution in [-0.2, 0) is 16.1 Å². The minimum absolute atomic E-state index is 0.0818. The zero-order valence-corrected chi connectivity index (χ0v) is 18.8. The summed E-state index contributed by atoms with van der Waals surface area (Å²) in [4.78, 5) is 32.1. The number of anilines is 1. The quantitative estimate of drug-likeness (QED) is 0.556. The van der Waals surface area contributed by atoms with Crippen LogP contribution in [0.4, 0.5) is 15.8 Å². The number of para-hydroxylation sites is 2. The third kappa shape index (κ3) is 4.74. The standard InChI is InChI=1S/C25H20FN3O4S/c26-18-8-4-5-9-19(18)28-23(30)13-22-24(31)29(25(34-22)27-17-6-2-1-3-7-17)14-16-10-11-20-21(12-16)33-15-32-20/h1-12,22H,13-15H2,(H,28,30)/t22-/m1/s1. The molecule has 34 heavy (non-hydrogen) atoms. The first-order valence-corrected chi connectivity index (χ1v) is 11.5. The number of amides is 2. The van der Waals surface area contributed by atoms with Gasteiger partial charge in [-0.3, -0.25) is 14.5 Å². The van der Waals surface area contributed by atoms with Gasteiger partial charge in [-0.2, -0.15) is 0 Å². The number of carbonyl (C=O) groups excluding carboxylic acids is 2. The van der Waals surface area contributed by atoms with E-state index in [-0.39, 0.29) is 31.4 Å². The molecule has 2 aliphatic heterocycles. The molecular formula is C25H20FN3O4S. The van der Waals surface area contributed by atoms with Crippen LogP contribution in [0, 0.1) is 5.82 Å². The molecule has 2 aliphatic rings. The maximum Gasteiger partial charge on any atom is 0.242 e. The summed E-state index contributed by atoms with van der Waals surface area (Å²) in [5, 5.41) is 2.37. The number of fused-ring (bicyclic) bond motifs is 1. The van der Waals surface area contributed by atoms with Crippen LogP contribution in [0.25, 0.3) is 0 Å². The first kappa shape index (κ1) is 22.0. The van der Waals surface area contributed by atoms with Gasteiger partial charge in [-0.15, -0.1) is 0 Å². The van der Waals surface area contributed by atoms with Crippen LogP contribution in [0.5, 0.6) is 11.5 Å². The Labute approximate surface area is 199 Å². The predicted molar refractivity (Wildman–Crippen MR) is 128 cm³/mol. The molecule has 1 atom stereocenters. The van der Waals surface area contributed by atoms with E-state index in [9.17, 15) is 14.0 Å². The molecule has 7 nitrogen and oxygen atoms in total. The van der Waals surface area contributed by atoms with Gasteiger partial charge in [-0.25, -0.2) is 9.38 Å². The number of hydrogen-bond acceptors (Lipinski definition) is 6. The van der Waals surface area contributed by atoms with Gasteiger partial charge in [0.25, 0.3) is 0 Å². The second kappa shape index (κ2) is 9.56. The Morgan fingerprint density at radius 1 is 1.06 bits per heavy atom. The molecule has 9 heteroatoms. The Kier molecular flexibility index (Phi) is 6.18. The van der Waals surface area contributed by atoms with Crippen LogP contribution in [0.2, 0.25) is 0 Å². The van der Waals surface area contributed by atoms with E-state index in [0.29, 0.717) is 22.4 Å². The van der Waals surface area contributed by atoms with Crippen molar-refractivity contribution >= 4 is 40.1 Å². The first-order chi connectivity index (χ1) is 16.6. The number of nitrogens with zero attached hydrogens (tertiary/aromatic N) is 2. The summed E-state index contributed by atoms with van der Waals surface area (Å²) in [6.07, 6.45) is -0.108. The molecule has 2 heterocycles. The molecule has 1 N–H and O–H groups in total. The molecule has 1 saturated heterocycles. The zero-order valence-electron chi connectivity index (χ0n) is 17.9. The van der Waals surface area contributed by atoms with Crippen molar-refractivity contribution in [3.8, 4) is 11.5 Å². The molecule has 0 aliphatic carbocycles. The molecule has 0 saturated carbocycles. The van der Waals surface area contributed by atoms with Crippen LogP contribution in [0.3, 0.4) is 0 Å². The summed E-state index contributed by atoms with van der Waals surface area (Å²) in [5.41, 5.74) is 1.62. The summed E-state index contributed by atoms with van der Waals surface area (Å²) < 4.78 is 24.7. The normalized spacial score (nSPS) is 17.9. The van der Waals surface area contributed by atoms with Gasteiger partial charge in [0, 0.05) is 6.42 Å². The molecule has 0 bridgehead atoms. The molecule has 0 unspecified atom stereocenters. The van der Waals surface area contributed by atoms with E-state index >= 15 is 0 Å². The largest absolute Gasteiger partial charge is 0.454 e. The van der Waals surface area contributed by atoms with Crippen molar-refractivity contribution in [1.82, 2.24) is 4.90 Å². The molecule has 0 spiro atoms. The number of benzene rings is 3. The van der Waals surface area contributed by atoms with E-state index in [1.54, 1.807) is 23.1 Å². The van der Waals surface area contributed by atoms with E-state index in [1.165, 1.54) is 23.9 Å². The van der Waals surface area contributed by atoms with Gasteiger partial charge in [0.15, 0.2) is 16.7 Å². The van der Waals surface area contributed by atoms with E-state index < -0.39 is 17.0 Å². The third-order valence-electron chi connectivity index (χ3n) is 5.30. The highest BCUT2D eigenvalue weighted by Crippen LogP contribution is 2.36. The van der Waals surface area contributed by atoms with Crippen molar-refractivity contribution in [3.05, 3.63) is 84.2 Å². The van der Waals surface area contributed by atoms with E-state index in [0.717, 1.165) is 5.56 Å². The summed E-state index contributed by atoms with van der Waals surface area (Å²) in [6.45, 7) is 0.427. The Morgan fingerprint density at radius 2 is 1.82 bits per heavy atom. The SMILES string of the molecule is O=C(C[C@H]1SC(=Nc2ccccc2)N(Cc2ccc3c(c2)OCO3)C1=O)Nc1ccccc1F. The van der Waals surface area contributed by atoms with Crippen molar-refractivity contribution in [2.75, 3.05) is 12.1 Å². The number of amidine groups is 1. The number of thioether (sulfide) groups is 1. The highest BCUT2D eigenvalue weighted by molar-refractivity contribution is 8.15. The van der Waals surface area contributed by atoms with Crippen molar-refractivity contribution in [1.29, 1.82) is 0 Å². The highest BCUT2D eigenvalue weighted by atomic mass is 32.2. The highest BCUT2D eigenvalue weighted by Gasteiger charge is 2.39. The average molecular weight is 478 g/mol. The van der Waals surface area contributed by atoms with Crippen LogP contribution in [-0.4, -0.2) is 33.9 Å². The minimum Gasteiger partial charge on any atom is -0.454 e. The molecule has 172 valence electrons. The van der Waals surface area contributed by atoms with Crippen molar-refractivity contribution in [3.63, 3.8) is 0 Å². The summed E-state index contributed by atoms with van der Waals surface area (Å²) >= 11 is 1.23. The third-order valence-corrected chi connectivity index (χ3v) is 6.47. The average Bonchev–Trinajstić information content (AvgIpc) is 3.41. The molecule has 0 radical (unpaired) electrons. The van der Waals surface area contributed by atoms with Crippen LogP contribution in [0.1, 0.15) is 12.0 Å². The van der Waals surface area contributed by atoms with Crippen molar-refractivity contribution in [2.24, 2.45) is 4.99 Å². The zero-order chi connectivity index (χ0) is 23.5. The molecule has 5 rings (SSSR count).